The summed E-state index contributed by atoms with van der Waals surface area (Å²) >= 11 is 0. The van der Waals surface area contributed by atoms with Crippen molar-refractivity contribution >= 4 is 30.8 Å². The average molecular weight is 261 g/mol. The molecule has 6 heteroatoms. The van der Waals surface area contributed by atoms with Crippen molar-refractivity contribution in [3.05, 3.63) is 29.3 Å². The second-order valence-electron chi connectivity index (χ2n) is 3.75. The van der Waals surface area contributed by atoms with E-state index in [2.05, 4.69) is 16.5 Å². The number of methoxy groups -OCH3 is 2. The Morgan fingerprint density at radius 3 is 2.63 bits per heavy atom. The van der Waals surface area contributed by atoms with Crippen LogP contribution >= 0.6 is 0 Å². The first kappa shape index (κ1) is 15.1. The topological polar surface area (TPSA) is 64.6 Å². The molecule has 0 aliphatic rings. The monoisotopic (exact) mass is 261 g/mol. The molecule has 0 aliphatic carbocycles. The summed E-state index contributed by atoms with van der Waals surface area (Å²) in [6, 6.07) is 5.27. The summed E-state index contributed by atoms with van der Waals surface area (Å²) in [7, 11) is 2.65. The summed E-state index contributed by atoms with van der Waals surface area (Å²) in [5.74, 6) is -0.783. The number of hydrogen-bond acceptors (Lipinski definition) is 5. The van der Waals surface area contributed by atoms with Crippen LogP contribution < -0.4 is 10.8 Å². The molecule has 0 atom stereocenters. The number of ether oxygens (including phenoxy) is 2. The third-order valence-corrected chi connectivity index (χ3v) is 2.64. The Balaban J connectivity index is 2.92. The first-order valence-electron chi connectivity index (χ1n) is 5.74. The molecule has 0 spiro atoms. The van der Waals surface area contributed by atoms with Crippen LogP contribution in [0.25, 0.3) is 0 Å². The fourth-order valence-corrected chi connectivity index (χ4v) is 1.66. The van der Waals surface area contributed by atoms with Gasteiger partial charge in [-0.05, 0) is 0 Å². The Kier molecular flexibility index (Phi) is 5.95. The van der Waals surface area contributed by atoms with Crippen molar-refractivity contribution < 1.29 is 19.1 Å². The molecule has 0 fully saturated rings. The Labute approximate surface area is 112 Å². The quantitative estimate of drug-likeness (QED) is 0.552. The van der Waals surface area contributed by atoms with Gasteiger partial charge in [0.25, 0.3) is 0 Å². The zero-order chi connectivity index (χ0) is 14.3. The Hall–Kier alpha value is -1.95. The fraction of sp³-hybridized carbons (Fsp3) is 0.308. The molecule has 0 unspecified atom stereocenters. The molecule has 100 valence electrons. The van der Waals surface area contributed by atoms with Crippen LogP contribution in [-0.4, -0.2) is 46.1 Å². The molecule has 1 rings (SSSR count). The first-order chi connectivity index (χ1) is 9.13. The molecule has 0 aromatic heterocycles. The Morgan fingerprint density at radius 1 is 1.32 bits per heavy atom. The van der Waals surface area contributed by atoms with Crippen molar-refractivity contribution in [2.75, 3.05) is 20.8 Å². The predicted octanol–water partition coefficient (Wildman–Crippen LogP) is -0.503. The number of rotatable bonds is 6. The summed E-state index contributed by atoms with van der Waals surface area (Å²) in [5.41, 5.74) is 2.02. The van der Waals surface area contributed by atoms with Gasteiger partial charge < -0.3 is 0 Å². The van der Waals surface area contributed by atoms with Crippen LogP contribution in [0.4, 0.5) is 0 Å². The van der Waals surface area contributed by atoms with E-state index >= 15 is 0 Å². The molecule has 0 aliphatic heterocycles. The maximum absolute atomic E-state index is 11.7. The van der Waals surface area contributed by atoms with Crippen molar-refractivity contribution in [3.63, 3.8) is 0 Å². The molecule has 0 bridgehead atoms. The normalized spacial score (nSPS) is 9.58. The number of nitrogens with one attached hydrogen (secondary N) is 1. The minimum absolute atomic E-state index is 0.0720. The molecule has 0 saturated carbocycles. The number of esters is 2. The molecule has 1 aromatic rings. The molecular formula is C13H16BNO4. The SMILES string of the molecule is C=Bc1cccc(C(=O)OC)c1CNCC(=O)OC. The van der Waals surface area contributed by atoms with Crippen LogP contribution in [0.3, 0.4) is 0 Å². The Bertz CT molecular complexity index is 488. The molecule has 19 heavy (non-hydrogen) atoms. The summed E-state index contributed by atoms with van der Waals surface area (Å²) in [6.07, 6.45) is 0. The third-order valence-electron chi connectivity index (χ3n) is 2.64. The molecular weight excluding hydrogens is 245 g/mol. The average Bonchev–Trinajstić information content (AvgIpc) is 2.46. The number of benzene rings is 1. The van der Waals surface area contributed by atoms with E-state index < -0.39 is 5.97 Å². The van der Waals surface area contributed by atoms with Gasteiger partial charge in [0.2, 0.25) is 0 Å². The van der Waals surface area contributed by atoms with Gasteiger partial charge in [0, 0.05) is 0 Å². The summed E-state index contributed by atoms with van der Waals surface area (Å²) in [6.45, 7) is 5.78. The van der Waals surface area contributed by atoms with E-state index in [1.807, 2.05) is 6.07 Å². The van der Waals surface area contributed by atoms with Crippen LogP contribution in [0.15, 0.2) is 18.2 Å². The first-order valence-corrected chi connectivity index (χ1v) is 5.74. The van der Waals surface area contributed by atoms with E-state index in [1.165, 1.54) is 14.2 Å². The van der Waals surface area contributed by atoms with E-state index in [1.54, 1.807) is 19.1 Å². The summed E-state index contributed by atoms with van der Waals surface area (Å²) < 4.78 is 9.26. The van der Waals surface area contributed by atoms with Gasteiger partial charge in [-0.25, -0.2) is 0 Å². The van der Waals surface area contributed by atoms with Gasteiger partial charge in [-0.2, -0.15) is 0 Å². The number of hydrogen-bond donors (Lipinski definition) is 1. The molecule has 0 radical (unpaired) electrons. The zero-order valence-corrected chi connectivity index (χ0v) is 11.1. The van der Waals surface area contributed by atoms with Gasteiger partial charge in [-0.15, -0.1) is 0 Å². The second-order valence-corrected chi connectivity index (χ2v) is 3.75. The maximum atomic E-state index is 11.7. The van der Waals surface area contributed by atoms with Crippen molar-refractivity contribution in [1.82, 2.24) is 5.32 Å². The van der Waals surface area contributed by atoms with Crippen molar-refractivity contribution in [1.29, 1.82) is 0 Å². The van der Waals surface area contributed by atoms with Crippen LogP contribution in [-0.2, 0) is 20.8 Å². The van der Waals surface area contributed by atoms with Gasteiger partial charge in [0.1, 0.15) is 0 Å². The number of carbonyl (C=O) groups is 2. The summed E-state index contributed by atoms with van der Waals surface area (Å²) in [5, 5.41) is 2.92. The number of carbonyl (C=O) groups excluding carboxylic acids is 2. The van der Waals surface area contributed by atoms with Gasteiger partial charge >= 0.3 is 112 Å². The van der Waals surface area contributed by atoms with Crippen LogP contribution in [0.1, 0.15) is 15.9 Å². The van der Waals surface area contributed by atoms with E-state index in [-0.39, 0.29) is 12.5 Å². The van der Waals surface area contributed by atoms with Crippen molar-refractivity contribution in [2.24, 2.45) is 0 Å². The molecule has 0 saturated heterocycles. The van der Waals surface area contributed by atoms with E-state index in [4.69, 9.17) is 4.74 Å². The molecule has 5 nitrogen and oxygen atoms in total. The standard InChI is InChI=1S/C13H16BNO4/c1-14-11-6-4-5-9(13(17)19-3)10(11)7-15-8-12(16)18-2/h4-6,15H,1,7-8H2,2-3H3. The summed E-state index contributed by atoms with van der Waals surface area (Å²) in [4.78, 5) is 22.7. The fourth-order valence-electron chi connectivity index (χ4n) is 1.66. The minimum atomic E-state index is -0.418. The van der Waals surface area contributed by atoms with Crippen LogP contribution in [0.5, 0.6) is 0 Å². The van der Waals surface area contributed by atoms with E-state index in [0.717, 1.165) is 11.0 Å². The van der Waals surface area contributed by atoms with Crippen LogP contribution in [0, 0.1) is 0 Å². The Morgan fingerprint density at radius 2 is 2.05 bits per heavy atom. The third kappa shape index (κ3) is 4.03. The van der Waals surface area contributed by atoms with Gasteiger partial charge in [0.15, 0.2) is 0 Å². The molecule has 1 aromatic carbocycles. The zero-order valence-electron chi connectivity index (χ0n) is 11.1. The molecule has 0 heterocycles. The van der Waals surface area contributed by atoms with Gasteiger partial charge in [-0.3, -0.25) is 0 Å². The molecule has 0 amide bonds. The van der Waals surface area contributed by atoms with Crippen molar-refractivity contribution in [2.45, 2.75) is 6.54 Å². The second kappa shape index (κ2) is 7.48. The molecule has 1 N–H and O–H groups in total. The van der Waals surface area contributed by atoms with E-state index in [9.17, 15) is 9.59 Å². The predicted molar refractivity (Wildman–Crippen MR) is 74.0 cm³/mol. The van der Waals surface area contributed by atoms with E-state index in [0.29, 0.717) is 12.1 Å². The van der Waals surface area contributed by atoms with Gasteiger partial charge in [0.05, 0.1) is 0 Å². The van der Waals surface area contributed by atoms with Gasteiger partial charge in [-0.1, -0.05) is 0 Å². The van der Waals surface area contributed by atoms with Crippen LogP contribution in [0.2, 0.25) is 0 Å². The van der Waals surface area contributed by atoms with Crippen molar-refractivity contribution in [3.8, 4) is 0 Å².